The number of rotatable bonds is 14. The van der Waals surface area contributed by atoms with Gasteiger partial charge in [0.1, 0.15) is 34.2 Å². The number of ether oxygens (including phenoxy) is 4. The first kappa shape index (κ1) is 63.4. The fourth-order valence-corrected chi connectivity index (χ4v) is 12.3. The Balaban J connectivity index is 0.000000242. The van der Waals surface area contributed by atoms with E-state index in [0.29, 0.717) is 12.1 Å². The molecule has 4 aliphatic rings. The molecule has 81 heavy (non-hydrogen) atoms. The number of anilines is 1. The number of halogens is 7. The number of hydrogen-bond acceptors (Lipinski definition) is 14. The van der Waals surface area contributed by atoms with Gasteiger partial charge in [-0.25, -0.2) is 35.0 Å². The van der Waals surface area contributed by atoms with Crippen LogP contribution in [0.3, 0.4) is 0 Å². The van der Waals surface area contributed by atoms with Crippen LogP contribution in [-0.2, 0) is 58.4 Å². The quantitative estimate of drug-likeness (QED) is 0.0901. The molecule has 0 bridgehead atoms. The van der Waals surface area contributed by atoms with Crippen LogP contribution in [0.15, 0.2) is 94.9 Å². The van der Waals surface area contributed by atoms with Gasteiger partial charge in [-0.15, -0.1) is 26.3 Å². The number of benzene rings is 4. The van der Waals surface area contributed by atoms with Crippen LogP contribution < -0.4 is 25.0 Å². The molecule has 0 saturated carbocycles. The number of aryl methyl sites for hydroxylation is 5. The van der Waals surface area contributed by atoms with Gasteiger partial charge in [-0.3, -0.25) is 24.5 Å². The maximum atomic E-state index is 13.1. The topological polar surface area (TPSA) is 232 Å². The Labute approximate surface area is 469 Å². The normalized spacial score (nSPS) is 17.1. The van der Waals surface area contributed by atoms with E-state index in [0.717, 1.165) is 52.9 Å². The van der Waals surface area contributed by atoms with Crippen LogP contribution in [0.25, 0.3) is 0 Å². The molecule has 4 aromatic carbocycles. The number of piperidine rings is 2. The third-order valence-electron chi connectivity index (χ3n) is 13.9. The van der Waals surface area contributed by atoms with Crippen molar-refractivity contribution in [2.45, 2.75) is 89.5 Å². The Morgan fingerprint density at radius 2 is 1.06 bits per heavy atom. The minimum absolute atomic E-state index is 0.0287. The number of sulfonamides is 2. The summed E-state index contributed by atoms with van der Waals surface area (Å²) in [7, 11) is -3.11. The van der Waals surface area contributed by atoms with Gasteiger partial charge in [0.2, 0.25) is 20.0 Å². The number of methoxy groups -OCH3 is 2. The third-order valence-corrected chi connectivity index (χ3v) is 17.8. The smallest absolute Gasteiger partial charge is 0.457 e. The van der Waals surface area contributed by atoms with Gasteiger partial charge in [-0.1, -0.05) is 55.5 Å². The fourth-order valence-electron chi connectivity index (χ4n) is 9.34. The van der Waals surface area contributed by atoms with Crippen molar-refractivity contribution in [1.29, 1.82) is 0 Å². The Morgan fingerprint density at radius 3 is 1.42 bits per heavy atom. The molecule has 0 atom stereocenters. The van der Waals surface area contributed by atoms with Gasteiger partial charge in [0.05, 0.1) is 25.7 Å². The van der Waals surface area contributed by atoms with Crippen LogP contribution in [0, 0.1) is 13.8 Å². The summed E-state index contributed by atoms with van der Waals surface area (Å²) in [4.78, 5) is 57.1. The number of carbonyl (C=O) groups is 4. The van der Waals surface area contributed by atoms with Gasteiger partial charge in [-0.05, 0) is 123 Å². The van der Waals surface area contributed by atoms with Gasteiger partial charge < -0.3 is 29.6 Å². The molecule has 4 aliphatic heterocycles. The predicted molar refractivity (Wildman–Crippen MR) is 288 cm³/mol. The molecule has 0 unspecified atom stereocenters. The number of nitrogens with one attached hydrogen (secondary N) is 2. The molecule has 0 aromatic heterocycles. The zero-order valence-electron chi connectivity index (χ0n) is 44.9. The van der Waals surface area contributed by atoms with Gasteiger partial charge in [-0.2, -0.15) is 0 Å². The second-order valence-electron chi connectivity index (χ2n) is 19.2. The fraction of sp³-hybridized carbons (Fsp3) is 0.434. The molecule has 3 amide bonds. The second-order valence-corrected chi connectivity index (χ2v) is 23.7. The molecule has 2 N–H and O–H groups in total. The van der Waals surface area contributed by atoms with Crippen LogP contribution in [0.5, 0.6) is 11.5 Å². The van der Waals surface area contributed by atoms with Crippen molar-refractivity contribution in [1.82, 2.24) is 19.2 Å². The number of amides is 3. The monoisotopic (exact) mass is 1200 g/mol. The van der Waals surface area contributed by atoms with E-state index in [1.165, 1.54) is 57.6 Å². The summed E-state index contributed by atoms with van der Waals surface area (Å²) in [5.74, 6) is -1.57. The van der Waals surface area contributed by atoms with E-state index in [2.05, 4.69) is 59.4 Å². The Morgan fingerprint density at radius 1 is 0.654 bits per heavy atom. The average Bonchev–Trinajstić information content (AvgIpc) is 4.04. The number of nitrogens with zero attached hydrogens (tertiary/aromatic N) is 5. The van der Waals surface area contributed by atoms with Gasteiger partial charge in [0, 0.05) is 61.6 Å². The molecule has 4 heterocycles. The van der Waals surface area contributed by atoms with Crippen LogP contribution in [0.1, 0.15) is 71.6 Å². The van der Waals surface area contributed by atoms with E-state index in [1.54, 1.807) is 25.2 Å². The number of alkyl halides is 6. The molecule has 8 rings (SSSR count). The van der Waals surface area contributed by atoms with Crippen molar-refractivity contribution < 1.29 is 81.3 Å². The van der Waals surface area contributed by atoms with Crippen molar-refractivity contribution in [3.8, 4) is 11.5 Å². The lowest BCUT2D eigenvalue weighted by Crippen LogP contribution is -2.50. The average molecular weight is 1200 g/mol. The highest BCUT2D eigenvalue weighted by Crippen LogP contribution is 2.35. The predicted octanol–water partition coefficient (Wildman–Crippen LogP) is 8.11. The van der Waals surface area contributed by atoms with Crippen LogP contribution in [-0.4, -0.2) is 143 Å². The highest BCUT2D eigenvalue weighted by atomic mass is 35.5. The lowest BCUT2D eigenvalue weighted by Gasteiger charge is -2.34. The molecule has 28 heteroatoms. The van der Waals surface area contributed by atoms with Crippen molar-refractivity contribution in [2.75, 3.05) is 63.9 Å². The van der Waals surface area contributed by atoms with E-state index in [1.807, 2.05) is 26.0 Å². The van der Waals surface area contributed by atoms with E-state index < -0.39 is 72.8 Å². The van der Waals surface area contributed by atoms with Crippen molar-refractivity contribution in [2.24, 2.45) is 9.98 Å². The van der Waals surface area contributed by atoms with Crippen LogP contribution >= 0.6 is 11.6 Å². The first-order valence-electron chi connectivity index (χ1n) is 25.1. The zero-order valence-corrected chi connectivity index (χ0v) is 47.3. The molecule has 0 radical (unpaired) electrons. The standard InChI is InChI=1S/C26H29F3N4O6S.C25H28F3N3O4S.C2H3ClO2/c1-17-15-20(32(2)24(35)38-3)8-7-18(17)9-14-40(36,37)33-12-10-25(11-13-33)23(34)30-22(31-25)19-5-4-6-21(16-19)39-26(27,28)29;1-3-18-7-8-19(17(2)15-18)9-14-36(33,34)31-12-10-24(11-13-31)23(32)29-22(30-24)20-5-4-6-21(16-20)35-25(26,27)28;1-5-2(3)4/h4-8,15-16H,9-14H2,1-3H3,(H,30,31,34);4-8,15-16H,3,9-14H2,1-2H3,(H,29,30,32);1H3. The summed E-state index contributed by atoms with van der Waals surface area (Å²) in [5.41, 5.74) is 2.95. The Kier molecular flexibility index (Phi) is 20.3. The third kappa shape index (κ3) is 16.7. The first-order chi connectivity index (χ1) is 37.9. The molecule has 2 fully saturated rings. The molecular weight excluding hydrogens is 1140 g/mol. The number of carbonyl (C=O) groups excluding carboxylic acids is 4. The summed E-state index contributed by atoms with van der Waals surface area (Å²) in [5, 5.41) is 5.27. The largest absolute Gasteiger partial charge is 0.573 e. The second kappa shape index (κ2) is 26.0. The maximum absolute atomic E-state index is 13.1. The maximum Gasteiger partial charge on any atom is 0.573 e. The molecular formula is C53H60ClF6N7O12S2. The number of hydrogen-bond donors (Lipinski definition) is 2. The lowest BCUT2D eigenvalue weighted by atomic mass is 9.89. The Hall–Kier alpha value is -6.81. The van der Waals surface area contributed by atoms with Gasteiger partial charge in [0.15, 0.2) is 0 Å². The SMILES string of the molecule is CCc1ccc(CCS(=O)(=O)N2CCC3(CC2)N=C(c2cccc(OC(F)(F)F)c2)NC3=O)c(C)c1.COC(=O)Cl.COC(=O)N(C)c1ccc(CCS(=O)(=O)N2CCC3(CC2)N=C(c2cccc(OC(F)(F)F)c2)NC3=O)c(C)c1. The van der Waals surface area contributed by atoms with Crippen LogP contribution in [0.4, 0.5) is 41.6 Å². The van der Waals surface area contributed by atoms with Gasteiger partial charge in [0.25, 0.3) is 11.8 Å². The number of amidine groups is 2. The minimum atomic E-state index is -4.86. The highest BCUT2D eigenvalue weighted by molar-refractivity contribution is 7.89. The Bertz CT molecular complexity index is 3270. The molecule has 19 nitrogen and oxygen atoms in total. The van der Waals surface area contributed by atoms with Crippen molar-refractivity contribution in [3.05, 3.63) is 124 Å². The summed E-state index contributed by atoms with van der Waals surface area (Å²) in [6, 6.07) is 21.7. The van der Waals surface area contributed by atoms with E-state index >= 15 is 0 Å². The summed E-state index contributed by atoms with van der Waals surface area (Å²) < 4.78 is 147. The lowest BCUT2D eigenvalue weighted by molar-refractivity contribution is -0.275. The first-order valence-corrected chi connectivity index (χ1v) is 28.7. The summed E-state index contributed by atoms with van der Waals surface area (Å²) in [6.07, 6.45) is -8.00. The summed E-state index contributed by atoms with van der Waals surface area (Å²) in [6.45, 7) is 6.30. The van der Waals surface area contributed by atoms with E-state index in [-0.39, 0.29) is 98.5 Å². The molecule has 2 saturated heterocycles. The van der Waals surface area contributed by atoms with Crippen molar-refractivity contribution in [3.63, 3.8) is 0 Å². The molecule has 440 valence electrons. The van der Waals surface area contributed by atoms with E-state index in [4.69, 9.17) is 4.74 Å². The van der Waals surface area contributed by atoms with Crippen molar-refractivity contribution >= 4 is 72.3 Å². The molecule has 2 spiro atoms. The van der Waals surface area contributed by atoms with Gasteiger partial charge >= 0.3 is 24.2 Å². The van der Waals surface area contributed by atoms with E-state index in [9.17, 15) is 62.4 Å². The summed E-state index contributed by atoms with van der Waals surface area (Å²) >= 11 is 4.60. The highest BCUT2D eigenvalue weighted by Gasteiger charge is 2.49. The minimum Gasteiger partial charge on any atom is -0.457 e. The van der Waals surface area contributed by atoms with Crippen LogP contribution in [0.2, 0.25) is 0 Å². The zero-order chi connectivity index (χ0) is 59.7. The molecule has 4 aromatic rings. The number of aliphatic imine (C=N–C) groups is 2. The molecule has 0 aliphatic carbocycles.